The maximum absolute atomic E-state index is 11.6. The maximum atomic E-state index is 11.6. The second-order valence-electron chi connectivity index (χ2n) is 5.48. The van der Waals surface area contributed by atoms with Gasteiger partial charge in [0, 0.05) is 12.8 Å². The lowest BCUT2D eigenvalue weighted by Crippen LogP contribution is -2.26. The van der Waals surface area contributed by atoms with E-state index in [0.29, 0.717) is 0 Å². The van der Waals surface area contributed by atoms with Crippen LogP contribution >= 0.6 is 0 Å². The third-order valence-electron chi connectivity index (χ3n) is 3.93. The lowest BCUT2D eigenvalue weighted by Gasteiger charge is -2.26. The molecule has 0 amide bonds. The van der Waals surface area contributed by atoms with Crippen LogP contribution in [0.5, 0.6) is 0 Å². The summed E-state index contributed by atoms with van der Waals surface area (Å²) in [7, 11) is 3.13. The Bertz CT molecular complexity index is 482. The van der Waals surface area contributed by atoms with Crippen LogP contribution in [0.15, 0.2) is 12.1 Å². The van der Waals surface area contributed by atoms with Gasteiger partial charge in [0.05, 0.1) is 18.7 Å². The van der Waals surface area contributed by atoms with Crippen LogP contribution in [0, 0.1) is 5.92 Å². The van der Waals surface area contributed by atoms with Crippen LogP contribution in [0.1, 0.15) is 37.2 Å². The summed E-state index contributed by atoms with van der Waals surface area (Å²) in [5.41, 5.74) is 2.79. The predicted octanol–water partition coefficient (Wildman–Crippen LogP) is 2.24. The van der Waals surface area contributed by atoms with Gasteiger partial charge in [0.1, 0.15) is 5.60 Å². The number of carbonyl (C=O) groups is 1. The standard InChI is InChI=1S/C15H21NO3/c1-15(2,19-4)13-8-6-10-9-11(14(17)18-3)5-7-12(10)16-13/h6,8,11H,5,7,9H2,1-4H3. The molecular formula is C15H21NO3. The van der Waals surface area contributed by atoms with Crippen molar-refractivity contribution in [3.05, 3.63) is 29.1 Å². The normalized spacial score (nSPS) is 18.8. The first-order valence-electron chi connectivity index (χ1n) is 6.60. The first-order valence-corrected chi connectivity index (χ1v) is 6.60. The third kappa shape index (κ3) is 2.78. The number of hydrogen-bond acceptors (Lipinski definition) is 4. The number of methoxy groups -OCH3 is 2. The second kappa shape index (κ2) is 5.29. The summed E-state index contributed by atoms with van der Waals surface area (Å²) in [5.74, 6) is -0.146. The smallest absolute Gasteiger partial charge is 0.309 e. The van der Waals surface area contributed by atoms with Gasteiger partial charge in [-0.15, -0.1) is 0 Å². The number of aryl methyl sites for hydroxylation is 1. The van der Waals surface area contributed by atoms with Gasteiger partial charge < -0.3 is 9.47 Å². The van der Waals surface area contributed by atoms with Crippen LogP contribution in [0.3, 0.4) is 0 Å². The van der Waals surface area contributed by atoms with E-state index in [4.69, 9.17) is 14.5 Å². The lowest BCUT2D eigenvalue weighted by molar-refractivity contribution is -0.145. The van der Waals surface area contributed by atoms with Crippen LogP contribution in [0.4, 0.5) is 0 Å². The van der Waals surface area contributed by atoms with Crippen molar-refractivity contribution in [3.63, 3.8) is 0 Å². The van der Waals surface area contributed by atoms with Gasteiger partial charge in [0.25, 0.3) is 0 Å². The fourth-order valence-corrected chi connectivity index (χ4v) is 2.42. The number of rotatable bonds is 3. The molecule has 0 fully saturated rings. The maximum Gasteiger partial charge on any atom is 0.309 e. The summed E-state index contributed by atoms with van der Waals surface area (Å²) in [5, 5.41) is 0. The molecule has 0 saturated heterocycles. The van der Waals surface area contributed by atoms with E-state index >= 15 is 0 Å². The SMILES string of the molecule is COC(=O)C1CCc2nc(C(C)(C)OC)ccc2C1. The van der Waals surface area contributed by atoms with Gasteiger partial charge in [0.2, 0.25) is 0 Å². The summed E-state index contributed by atoms with van der Waals surface area (Å²) in [6.07, 6.45) is 2.36. The molecule has 0 aromatic carbocycles. The average Bonchev–Trinajstić information content (AvgIpc) is 2.45. The van der Waals surface area contributed by atoms with E-state index < -0.39 is 0 Å². The van der Waals surface area contributed by atoms with Crippen LogP contribution < -0.4 is 0 Å². The molecule has 19 heavy (non-hydrogen) atoms. The molecule has 0 aliphatic heterocycles. The largest absolute Gasteiger partial charge is 0.469 e. The molecule has 0 saturated carbocycles. The van der Waals surface area contributed by atoms with Gasteiger partial charge in [-0.2, -0.15) is 0 Å². The summed E-state index contributed by atoms with van der Waals surface area (Å²) in [4.78, 5) is 16.3. The molecule has 104 valence electrons. The zero-order valence-corrected chi connectivity index (χ0v) is 12.0. The van der Waals surface area contributed by atoms with Crippen LogP contribution in [-0.2, 0) is 32.7 Å². The first kappa shape index (κ1) is 14.0. The van der Waals surface area contributed by atoms with Crippen molar-refractivity contribution in [3.8, 4) is 0 Å². The summed E-state index contributed by atoms with van der Waals surface area (Å²) < 4.78 is 10.3. The van der Waals surface area contributed by atoms with E-state index in [9.17, 15) is 4.79 Å². The topological polar surface area (TPSA) is 48.4 Å². The fourth-order valence-electron chi connectivity index (χ4n) is 2.42. The molecule has 1 aromatic rings. The molecule has 1 heterocycles. The number of ether oxygens (including phenoxy) is 2. The molecule has 0 radical (unpaired) electrons. The Kier molecular flexibility index (Phi) is 3.90. The molecule has 0 bridgehead atoms. The highest BCUT2D eigenvalue weighted by molar-refractivity contribution is 5.73. The molecule has 4 heteroatoms. The Morgan fingerprint density at radius 3 is 2.74 bits per heavy atom. The van der Waals surface area contributed by atoms with E-state index in [2.05, 4.69) is 6.07 Å². The molecule has 1 aliphatic rings. The van der Waals surface area contributed by atoms with Gasteiger partial charge in [-0.3, -0.25) is 9.78 Å². The number of carbonyl (C=O) groups excluding carboxylic acids is 1. The van der Waals surface area contributed by atoms with Crippen molar-refractivity contribution >= 4 is 5.97 Å². The molecule has 4 nitrogen and oxygen atoms in total. The molecular weight excluding hydrogens is 242 g/mol. The fraction of sp³-hybridized carbons (Fsp3) is 0.600. The highest BCUT2D eigenvalue weighted by Gasteiger charge is 2.28. The number of nitrogens with zero attached hydrogens (tertiary/aromatic N) is 1. The van der Waals surface area contributed by atoms with E-state index in [1.165, 1.54) is 7.11 Å². The molecule has 1 aliphatic carbocycles. The minimum Gasteiger partial charge on any atom is -0.469 e. The monoisotopic (exact) mass is 263 g/mol. The summed E-state index contributed by atoms with van der Waals surface area (Å²) in [6.45, 7) is 4.00. The number of esters is 1. The highest BCUT2D eigenvalue weighted by Crippen LogP contribution is 2.29. The Morgan fingerprint density at radius 2 is 2.11 bits per heavy atom. The lowest BCUT2D eigenvalue weighted by atomic mass is 9.86. The van der Waals surface area contributed by atoms with Gasteiger partial charge in [-0.1, -0.05) is 6.07 Å². The number of fused-ring (bicyclic) bond motifs is 1. The number of pyridine rings is 1. The van der Waals surface area contributed by atoms with E-state index in [0.717, 1.165) is 36.2 Å². The molecule has 2 rings (SSSR count). The Labute approximate surface area is 114 Å². The van der Waals surface area contributed by atoms with Crippen molar-refractivity contribution in [2.45, 2.75) is 38.7 Å². The van der Waals surface area contributed by atoms with Crippen LogP contribution in [-0.4, -0.2) is 25.2 Å². The van der Waals surface area contributed by atoms with Crippen molar-refractivity contribution in [1.29, 1.82) is 0 Å². The Balaban J connectivity index is 2.23. The van der Waals surface area contributed by atoms with Gasteiger partial charge >= 0.3 is 5.97 Å². The van der Waals surface area contributed by atoms with Crippen LogP contribution in [0.25, 0.3) is 0 Å². The van der Waals surface area contributed by atoms with Gasteiger partial charge in [-0.05, 0) is 44.7 Å². The summed E-state index contributed by atoms with van der Waals surface area (Å²) >= 11 is 0. The van der Waals surface area contributed by atoms with Crippen molar-refractivity contribution in [2.75, 3.05) is 14.2 Å². The molecule has 1 unspecified atom stereocenters. The van der Waals surface area contributed by atoms with E-state index in [1.54, 1.807) is 7.11 Å². The molecule has 0 N–H and O–H groups in total. The first-order chi connectivity index (χ1) is 8.97. The second-order valence-corrected chi connectivity index (χ2v) is 5.48. The molecule has 1 aromatic heterocycles. The molecule has 0 spiro atoms. The van der Waals surface area contributed by atoms with Crippen LogP contribution in [0.2, 0.25) is 0 Å². The van der Waals surface area contributed by atoms with Gasteiger partial charge in [0.15, 0.2) is 0 Å². The van der Waals surface area contributed by atoms with Crippen molar-refractivity contribution < 1.29 is 14.3 Å². The minimum absolute atomic E-state index is 0.0272. The zero-order chi connectivity index (χ0) is 14.0. The number of aromatic nitrogens is 1. The highest BCUT2D eigenvalue weighted by atomic mass is 16.5. The molecule has 1 atom stereocenters. The van der Waals surface area contributed by atoms with E-state index in [1.807, 2.05) is 19.9 Å². The zero-order valence-electron chi connectivity index (χ0n) is 12.0. The minimum atomic E-state index is -0.381. The average molecular weight is 263 g/mol. The Hall–Kier alpha value is -1.42. The Morgan fingerprint density at radius 1 is 1.37 bits per heavy atom. The van der Waals surface area contributed by atoms with Gasteiger partial charge in [-0.25, -0.2) is 0 Å². The predicted molar refractivity (Wildman–Crippen MR) is 71.8 cm³/mol. The summed E-state index contributed by atoms with van der Waals surface area (Å²) in [6, 6.07) is 4.05. The van der Waals surface area contributed by atoms with Crippen molar-refractivity contribution in [1.82, 2.24) is 4.98 Å². The quantitative estimate of drug-likeness (QED) is 0.785. The van der Waals surface area contributed by atoms with E-state index in [-0.39, 0.29) is 17.5 Å². The number of hydrogen-bond donors (Lipinski definition) is 0. The third-order valence-corrected chi connectivity index (χ3v) is 3.93. The van der Waals surface area contributed by atoms with Crippen molar-refractivity contribution in [2.24, 2.45) is 5.92 Å².